The molecule has 2 heteroatoms. The van der Waals surface area contributed by atoms with E-state index in [1.165, 1.54) is 29.6 Å². The Morgan fingerprint density at radius 3 is 2.33 bits per heavy atom. The van der Waals surface area contributed by atoms with Gasteiger partial charge in [-0.25, -0.2) is 0 Å². The standard InChI is InChI=1S/C16H27NO/c1-14(2)7-5-8-15(3)9-6-10-16(4)11-12-17-13-18/h9,11,13H,1,5-8,10,12H2,2-4H3,(H,17,18)/b15-9+,16-11+. The third kappa shape index (κ3) is 11.2. The largest absolute Gasteiger partial charge is 0.355 e. The Balaban J connectivity index is 3.75. The van der Waals surface area contributed by atoms with Crippen molar-refractivity contribution in [3.05, 3.63) is 35.5 Å². The Morgan fingerprint density at radius 1 is 1.06 bits per heavy atom. The highest BCUT2D eigenvalue weighted by Gasteiger charge is 1.93. The molecule has 0 rings (SSSR count). The number of nitrogens with one attached hydrogen (secondary N) is 1. The Morgan fingerprint density at radius 2 is 1.72 bits per heavy atom. The van der Waals surface area contributed by atoms with E-state index < -0.39 is 0 Å². The number of hydrogen-bond acceptors (Lipinski definition) is 1. The van der Waals surface area contributed by atoms with Crippen LogP contribution < -0.4 is 5.32 Å². The van der Waals surface area contributed by atoms with Crippen molar-refractivity contribution in [2.75, 3.05) is 6.54 Å². The van der Waals surface area contributed by atoms with E-state index in [9.17, 15) is 4.79 Å². The van der Waals surface area contributed by atoms with Crippen LogP contribution in [0.25, 0.3) is 0 Å². The minimum Gasteiger partial charge on any atom is -0.355 e. The lowest BCUT2D eigenvalue weighted by Crippen LogP contribution is -2.09. The van der Waals surface area contributed by atoms with Gasteiger partial charge in [0.15, 0.2) is 0 Å². The summed E-state index contributed by atoms with van der Waals surface area (Å²) in [6.45, 7) is 10.9. The van der Waals surface area contributed by atoms with E-state index in [4.69, 9.17) is 0 Å². The van der Waals surface area contributed by atoms with E-state index in [2.05, 4.69) is 44.8 Å². The number of rotatable bonds is 10. The zero-order valence-electron chi connectivity index (χ0n) is 12.1. The zero-order valence-corrected chi connectivity index (χ0v) is 12.1. The average Bonchev–Trinajstić information content (AvgIpc) is 2.29. The van der Waals surface area contributed by atoms with Gasteiger partial charge < -0.3 is 5.32 Å². The normalized spacial score (nSPS) is 12.4. The van der Waals surface area contributed by atoms with Crippen LogP contribution >= 0.6 is 0 Å². The Labute approximate surface area is 112 Å². The molecule has 0 aromatic rings. The van der Waals surface area contributed by atoms with Gasteiger partial charge in [-0.15, -0.1) is 6.58 Å². The summed E-state index contributed by atoms with van der Waals surface area (Å²) in [4.78, 5) is 10.1. The van der Waals surface area contributed by atoms with Crippen LogP contribution in [-0.2, 0) is 4.79 Å². The smallest absolute Gasteiger partial charge is 0.207 e. The molecule has 0 aromatic heterocycles. The van der Waals surface area contributed by atoms with Crippen molar-refractivity contribution in [2.24, 2.45) is 0 Å². The predicted molar refractivity (Wildman–Crippen MR) is 79.5 cm³/mol. The first-order valence-corrected chi connectivity index (χ1v) is 6.69. The second-order valence-corrected chi connectivity index (χ2v) is 4.98. The Hall–Kier alpha value is -1.31. The molecule has 0 bridgehead atoms. The molecule has 0 unspecified atom stereocenters. The first-order chi connectivity index (χ1) is 8.56. The van der Waals surface area contributed by atoms with Crippen molar-refractivity contribution in [3.63, 3.8) is 0 Å². The van der Waals surface area contributed by atoms with Gasteiger partial charge in [-0.2, -0.15) is 0 Å². The topological polar surface area (TPSA) is 29.1 Å². The van der Waals surface area contributed by atoms with Gasteiger partial charge in [0.05, 0.1) is 0 Å². The molecular weight excluding hydrogens is 222 g/mol. The van der Waals surface area contributed by atoms with Gasteiger partial charge in [-0.05, 0) is 52.9 Å². The molecule has 1 amide bonds. The van der Waals surface area contributed by atoms with Gasteiger partial charge in [0.25, 0.3) is 0 Å². The molecule has 0 spiro atoms. The maximum Gasteiger partial charge on any atom is 0.207 e. The fourth-order valence-electron chi connectivity index (χ4n) is 1.70. The van der Waals surface area contributed by atoms with Gasteiger partial charge in [0.1, 0.15) is 0 Å². The Bertz CT molecular complexity index is 313. The van der Waals surface area contributed by atoms with E-state index in [1.807, 2.05) is 0 Å². The summed E-state index contributed by atoms with van der Waals surface area (Å²) in [5.74, 6) is 0. The number of allylic oxidation sites excluding steroid dienone is 4. The summed E-state index contributed by atoms with van der Waals surface area (Å²) >= 11 is 0. The second-order valence-electron chi connectivity index (χ2n) is 4.98. The molecule has 0 atom stereocenters. The lowest BCUT2D eigenvalue weighted by atomic mass is 10.0. The quantitative estimate of drug-likeness (QED) is 0.352. The van der Waals surface area contributed by atoms with Crippen molar-refractivity contribution in [3.8, 4) is 0 Å². The van der Waals surface area contributed by atoms with E-state index in [0.717, 1.165) is 25.7 Å². The molecular formula is C16H27NO. The highest BCUT2D eigenvalue weighted by Crippen LogP contribution is 2.13. The molecule has 102 valence electrons. The van der Waals surface area contributed by atoms with Crippen molar-refractivity contribution in [1.29, 1.82) is 0 Å². The molecule has 0 fully saturated rings. The first kappa shape index (κ1) is 16.7. The number of amides is 1. The molecule has 18 heavy (non-hydrogen) atoms. The summed E-state index contributed by atoms with van der Waals surface area (Å²) in [5.41, 5.74) is 4.06. The lowest BCUT2D eigenvalue weighted by molar-refractivity contribution is -0.109. The SMILES string of the molecule is C=C(C)CCC/C(C)=C/CC/C(C)=C/CNC=O. The van der Waals surface area contributed by atoms with Crippen LogP contribution in [0.3, 0.4) is 0 Å². The molecule has 0 radical (unpaired) electrons. The summed E-state index contributed by atoms with van der Waals surface area (Å²) in [6.07, 6.45) is 10.8. The van der Waals surface area contributed by atoms with Crippen molar-refractivity contribution >= 4 is 6.41 Å². The average molecular weight is 249 g/mol. The van der Waals surface area contributed by atoms with Crippen LogP contribution in [0.15, 0.2) is 35.5 Å². The van der Waals surface area contributed by atoms with Crippen LogP contribution in [0.5, 0.6) is 0 Å². The van der Waals surface area contributed by atoms with Crippen molar-refractivity contribution in [1.82, 2.24) is 5.32 Å². The Kier molecular flexibility index (Phi) is 10.0. The van der Waals surface area contributed by atoms with Gasteiger partial charge in [-0.1, -0.05) is 28.9 Å². The van der Waals surface area contributed by atoms with Crippen LogP contribution in [0.1, 0.15) is 52.9 Å². The number of carbonyl (C=O) groups excluding carboxylic acids is 1. The molecule has 0 aromatic carbocycles. The number of carbonyl (C=O) groups is 1. The zero-order chi connectivity index (χ0) is 13.8. The highest BCUT2D eigenvalue weighted by atomic mass is 16.1. The van der Waals surface area contributed by atoms with Gasteiger partial charge >= 0.3 is 0 Å². The van der Waals surface area contributed by atoms with Crippen LogP contribution in [-0.4, -0.2) is 13.0 Å². The summed E-state index contributed by atoms with van der Waals surface area (Å²) in [5, 5.41) is 2.64. The highest BCUT2D eigenvalue weighted by molar-refractivity contribution is 5.46. The minimum atomic E-state index is 0.636. The molecule has 1 N–H and O–H groups in total. The summed E-state index contributed by atoms with van der Waals surface area (Å²) < 4.78 is 0. The maximum absolute atomic E-state index is 10.1. The van der Waals surface area contributed by atoms with E-state index in [0.29, 0.717) is 6.54 Å². The van der Waals surface area contributed by atoms with Crippen LogP contribution in [0.2, 0.25) is 0 Å². The van der Waals surface area contributed by atoms with Gasteiger partial charge in [0, 0.05) is 6.54 Å². The molecule has 2 nitrogen and oxygen atoms in total. The summed E-state index contributed by atoms with van der Waals surface area (Å²) in [6, 6.07) is 0. The monoisotopic (exact) mass is 249 g/mol. The fraction of sp³-hybridized carbons (Fsp3) is 0.562. The fourth-order valence-corrected chi connectivity index (χ4v) is 1.70. The molecule has 0 aliphatic rings. The molecule has 0 heterocycles. The van der Waals surface area contributed by atoms with E-state index in [-0.39, 0.29) is 0 Å². The third-order valence-corrected chi connectivity index (χ3v) is 2.86. The van der Waals surface area contributed by atoms with Gasteiger partial charge in [-0.3, -0.25) is 4.79 Å². The number of hydrogen-bond donors (Lipinski definition) is 1. The maximum atomic E-state index is 10.1. The van der Waals surface area contributed by atoms with Crippen molar-refractivity contribution < 1.29 is 4.79 Å². The molecule has 0 aliphatic heterocycles. The summed E-state index contributed by atoms with van der Waals surface area (Å²) in [7, 11) is 0. The molecule has 0 saturated carbocycles. The molecule has 0 saturated heterocycles. The van der Waals surface area contributed by atoms with Crippen LogP contribution in [0, 0.1) is 0 Å². The second kappa shape index (κ2) is 10.8. The van der Waals surface area contributed by atoms with E-state index in [1.54, 1.807) is 0 Å². The van der Waals surface area contributed by atoms with Gasteiger partial charge in [0.2, 0.25) is 6.41 Å². The predicted octanol–water partition coefficient (Wildman–Crippen LogP) is 4.15. The van der Waals surface area contributed by atoms with Crippen molar-refractivity contribution in [2.45, 2.75) is 52.9 Å². The third-order valence-electron chi connectivity index (χ3n) is 2.86. The molecule has 0 aliphatic carbocycles. The first-order valence-electron chi connectivity index (χ1n) is 6.69. The van der Waals surface area contributed by atoms with Crippen LogP contribution in [0.4, 0.5) is 0 Å². The lowest BCUT2D eigenvalue weighted by Gasteiger charge is -2.03. The van der Waals surface area contributed by atoms with E-state index >= 15 is 0 Å². The minimum absolute atomic E-state index is 0.636.